The summed E-state index contributed by atoms with van der Waals surface area (Å²) in [5.74, 6) is 0.899. The van der Waals surface area contributed by atoms with Crippen molar-refractivity contribution in [3.8, 4) is 5.75 Å². The van der Waals surface area contributed by atoms with E-state index in [9.17, 15) is 4.79 Å². The van der Waals surface area contributed by atoms with Crippen molar-refractivity contribution in [3.63, 3.8) is 0 Å². The number of carbonyl (C=O) groups excluding carboxylic acids is 1. The first-order valence-electron chi connectivity index (χ1n) is 6.14. The third-order valence-electron chi connectivity index (χ3n) is 2.78. The van der Waals surface area contributed by atoms with E-state index in [1.54, 1.807) is 24.3 Å². The van der Waals surface area contributed by atoms with Gasteiger partial charge in [0.05, 0.1) is 0 Å². The normalized spacial score (nSPS) is 9.85. The third kappa shape index (κ3) is 3.17. The number of hydrogen-bond acceptors (Lipinski definition) is 2. The van der Waals surface area contributed by atoms with E-state index in [2.05, 4.69) is 23.5 Å². The molecule has 4 nitrogen and oxygen atoms in total. The molecule has 0 fully saturated rings. The van der Waals surface area contributed by atoms with Gasteiger partial charge in [-0.1, -0.05) is 19.2 Å². The molecule has 20 heavy (non-hydrogen) atoms. The van der Waals surface area contributed by atoms with Crippen LogP contribution in [-0.4, -0.2) is 10.9 Å². The average Bonchev–Trinajstić information content (AvgIpc) is 2.85. The van der Waals surface area contributed by atoms with Crippen LogP contribution < -0.4 is 10.1 Å². The Hall–Kier alpha value is -2.75. The fraction of sp³-hybridized carbons (Fsp3) is 0.0625. The number of benzene rings is 1. The fourth-order valence-corrected chi connectivity index (χ4v) is 1.78. The molecule has 1 amide bonds. The van der Waals surface area contributed by atoms with E-state index in [1.165, 1.54) is 6.08 Å². The lowest BCUT2D eigenvalue weighted by Gasteiger charge is -2.10. The van der Waals surface area contributed by atoms with E-state index in [4.69, 9.17) is 4.74 Å². The molecule has 4 heteroatoms. The van der Waals surface area contributed by atoms with Gasteiger partial charge in [-0.2, -0.15) is 0 Å². The molecular formula is C16H16N2O2. The summed E-state index contributed by atoms with van der Waals surface area (Å²) in [6, 6.07) is 9.01. The Bertz CT molecular complexity index is 656. The molecule has 0 unspecified atom stereocenters. The molecule has 0 spiro atoms. The zero-order valence-corrected chi connectivity index (χ0v) is 11.3. The highest BCUT2D eigenvalue weighted by atomic mass is 16.5. The van der Waals surface area contributed by atoms with E-state index in [1.807, 2.05) is 19.2 Å². The Kier molecular flexibility index (Phi) is 4.05. The number of anilines is 1. The Morgan fingerprint density at radius 1 is 1.40 bits per heavy atom. The number of amides is 1. The second kappa shape index (κ2) is 5.93. The molecule has 0 aliphatic heterocycles. The number of rotatable bonds is 5. The van der Waals surface area contributed by atoms with Gasteiger partial charge in [-0.25, -0.2) is 0 Å². The van der Waals surface area contributed by atoms with Crippen molar-refractivity contribution < 1.29 is 9.53 Å². The largest absolute Gasteiger partial charge is 0.457 e. The summed E-state index contributed by atoms with van der Waals surface area (Å²) in [6.45, 7) is 9.27. The van der Waals surface area contributed by atoms with Crippen LogP contribution >= 0.6 is 0 Å². The molecular weight excluding hydrogens is 252 g/mol. The van der Waals surface area contributed by atoms with Gasteiger partial charge in [0.1, 0.15) is 11.5 Å². The zero-order chi connectivity index (χ0) is 14.5. The Balaban J connectivity index is 2.12. The first kappa shape index (κ1) is 13.7. The van der Waals surface area contributed by atoms with Gasteiger partial charge in [0.25, 0.3) is 0 Å². The second-order valence-corrected chi connectivity index (χ2v) is 4.26. The van der Waals surface area contributed by atoms with Crippen molar-refractivity contribution >= 4 is 17.4 Å². The van der Waals surface area contributed by atoms with Crippen LogP contribution in [0.15, 0.2) is 55.8 Å². The number of hydrogen-bond donors (Lipinski definition) is 2. The minimum atomic E-state index is -0.262. The molecule has 0 atom stereocenters. The highest BCUT2D eigenvalue weighted by Crippen LogP contribution is 2.24. The van der Waals surface area contributed by atoms with Crippen LogP contribution in [0.25, 0.3) is 5.76 Å². The maximum Gasteiger partial charge on any atom is 0.247 e. The Morgan fingerprint density at radius 3 is 2.85 bits per heavy atom. The number of nitrogens with one attached hydrogen (secondary N) is 2. The molecule has 102 valence electrons. The maximum absolute atomic E-state index is 11.3. The number of ether oxygens (including phenoxy) is 1. The van der Waals surface area contributed by atoms with Crippen molar-refractivity contribution in [1.82, 2.24) is 4.98 Å². The minimum Gasteiger partial charge on any atom is -0.457 e. The van der Waals surface area contributed by atoms with Crippen LogP contribution in [0.2, 0.25) is 0 Å². The lowest BCUT2D eigenvalue weighted by atomic mass is 10.2. The lowest BCUT2D eigenvalue weighted by molar-refractivity contribution is -0.111. The summed E-state index contributed by atoms with van der Waals surface area (Å²) in [5.41, 5.74) is 2.56. The van der Waals surface area contributed by atoms with Crippen LogP contribution in [0.3, 0.4) is 0 Å². The van der Waals surface area contributed by atoms with E-state index >= 15 is 0 Å². The molecule has 1 aromatic carbocycles. The summed E-state index contributed by atoms with van der Waals surface area (Å²) < 4.78 is 5.70. The molecule has 0 aliphatic carbocycles. The van der Waals surface area contributed by atoms with Crippen LogP contribution in [0, 0.1) is 6.92 Å². The molecule has 1 heterocycles. The van der Waals surface area contributed by atoms with Gasteiger partial charge in [-0.05, 0) is 31.2 Å². The number of aryl methyl sites for hydroxylation is 1. The minimum absolute atomic E-state index is 0.262. The summed E-state index contributed by atoms with van der Waals surface area (Å²) >= 11 is 0. The lowest BCUT2D eigenvalue weighted by Crippen LogP contribution is -2.07. The fourth-order valence-electron chi connectivity index (χ4n) is 1.78. The van der Waals surface area contributed by atoms with Gasteiger partial charge < -0.3 is 15.0 Å². The molecule has 0 radical (unpaired) electrons. The standard InChI is InChI=1S/C16H16N2O2/c1-4-16(19)18-13-6-5-7-14(10-13)20-12(3)15-8-9-17-11(15)2/h4-10,17H,1,3H2,2H3,(H,18,19). The first-order chi connectivity index (χ1) is 9.60. The maximum atomic E-state index is 11.3. The van der Waals surface area contributed by atoms with Gasteiger partial charge >= 0.3 is 0 Å². The van der Waals surface area contributed by atoms with E-state index in [0.717, 1.165) is 11.3 Å². The second-order valence-electron chi connectivity index (χ2n) is 4.26. The van der Waals surface area contributed by atoms with Crippen molar-refractivity contribution in [2.24, 2.45) is 0 Å². The van der Waals surface area contributed by atoms with Crippen molar-refractivity contribution in [3.05, 3.63) is 67.0 Å². The van der Waals surface area contributed by atoms with Crippen LogP contribution in [-0.2, 0) is 4.79 Å². The molecule has 0 bridgehead atoms. The quantitative estimate of drug-likeness (QED) is 0.644. The smallest absolute Gasteiger partial charge is 0.247 e. The van der Waals surface area contributed by atoms with E-state index in [-0.39, 0.29) is 5.91 Å². The molecule has 0 saturated heterocycles. The van der Waals surface area contributed by atoms with E-state index < -0.39 is 0 Å². The van der Waals surface area contributed by atoms with Crippen LogP contribution in [0.1, 0.15) is 11.3 Å². The van der Waals surface area contributed by atoms with Crippen molar-refractivity contribution in [1.29, 1.82) is 0 Å². The zero-order valence-electron chi connectivity index (χ0n) is 11.3. The molecule has 1 aromatic heterocycles. The number of aromatic amines is 1. The molecule has 0 aliphatic rings. The summed E-state index contributed by atoms with van der Waals surface area (Å²) in [5, 5.41) is 2.68. The highest BCUT2D eigenvalue weighted by molar-refractivity contribution is 5.98. The Morgan fingerprint density at radius 2 is 2.20 bits per heavy atom. The van der Waals surface area contributed by atoms with Gasteiger partial charge in [0.2, 0.25) is 5.91 Å². The number of carbonyl (C=O) groups is 1. The van der Waals surface area contributed by atoms with Gasteiger partial charge in [0.15, 0.2) is 0 Å². The SMILES string of the molecule is C=CC(=O)Nc1cccc(OC(=C)c2cc[nH]c2C)c1. The third-order valence-corrected chi connectivity index (χ3v) is 2.78. The summed E-state index contributed by atoms with van der Waals surface area (Å²) in [7, 11) is 0. The molecule has 2 rings (SSSR count). The first-order valence-corrected chi connectivity index (χ1v) is 6.14. The molecule has 2 N–H and O–H groups in total. The van der Waals surface area contributed by atoms with Gasteiger partial charge in [0, 0.05) is 29.2 Å². The molecule has 0 saturated carbocycles. The average molecular weight is 268 g/mol. The predicted molar refractivity (Wildman–Crippen MR) is 80.5 cm³/mol. The summed E-state index contributed by atoms with van der Waals surface area (Å²) in [4.78, 5) is 14.3. The highest BCUT2D eigenvalue weighted by Gasteiger charge is 2.07. The van der Waals surface area contributed by atoms with Gasteiger partial charge in [-0.15, -0.1) is 0 Å². The summed E-state index contributed by atoms with van der Waals surface area (Å²) in [6.07, 6.45) is 3.05. The molecule has 2 aromatic rings. The predicted octanol–water partition coefficient (Wildman–Crippen LogP) is 3.50. The topological polar surface area (TPSA) is 54.1 Å². The van der Waals surface area contributed by atoms with Crippen LogP contribution in [0.5, 0.6) is 5.75 Å². The van der Waals surface area contributed by atoms with Gasteiger partial charge in [-0.3, -0.25) is 4.79 Å². The number of aromatic nitrogens is 1. The Labute approximate surface area is 117 Å². The van der Waals surface area contributed by atoms with Crippen molar-refractivity contribution in [2.45, 2.75) is 6.92 Å². The number of H-pyrrole nitrogens is 1. The monoisotopic (exact) mass is 268 g/mol. The van der Waals surface area contributed by atoms with Crippen LogP contribution in [0.4, 0.5) is 5.69 Å². The van der Waals surface area contributed by atoms with Crippen molar-refractivity contribution in [2.75, 3.05) is 5.32 Å². The van der Waals surface area contributed by atoms with E-state index in [0.29, 0.717) is 17.2 Å².